The molecule has 0 aliphatic carbocycles. The van der Waals surface area contributed by atoms with E-state index >= 15 is 0 Å². The molecule has 2 saturated heterocycles. The van der Waals surface area contributed by atoms with Gasteiger partial charge in [0.25, 0.3) is 0 Å². The lowest BCUT2D eigenvalue weighted by atomic mass is 9.96. The highest BCUT2D eigenvalue weighted by Gasteiger charge is 2.42. The van der Waals surface area contributed by atoms with E-state index in [1.54, 1.807) is 6.20 Å². The first-order valence-corrected chi connectivity index (χ1v) is 4.99. The third-order valence-electron chi connectivity index (χ3n) is 3.13. The number of hydrogen-bond donors (Lipinski definition) is 1. The summed E-state index contributed by atoms with van der Waals surface area (Å²) in [7, 11) is 0. The van der Waals surface area contributed by atoms with Gasteiger partial charge in [0.2, 0.25) is 0 Å². The Morgan fingerprint density at radius 2 is 2.36 bits per heavy atom. The number of aliphatic carboxylic acids is 1. The Balaban J connectivity index is 2.06. The third kappa shape index (κ3) is 1.62. The lowest BCUT2D eigenvalue weighted by molar-refractivity contribution is -0.131. The summed E-state index contributed by atoms with van der Waals surface area (Å²) in [5, 5.41) is 8.56. The molecule has 2 rings (SSSR count). The fourth-order valence-electron chi connectivity index (χ4n) is 2.37. The lowest BCUT2D eigenvalue weighted by Crippen LogP contribution is -2.40. The standard InChI is InChI=1S/C10H15NO3/c12-9(13)2-6-11-5-1-3-10(11)4-7-14-8-10/h2,6H,1,3-5,7-8H2,(H,12,13)/b6-2+. The van der Waals surface area contributed by atoms with E-state index < -0.39 is 5.97 Å². The summed E-state index contributed by atoms with van der Waals surface area (Å²) in [6.07, 6.45) is 6.19. The van der Waals surface area contributed by atoms with E-state index in [2.05, 4.69) is 4.90 Å². The molecular weight excluding hydrogens is 182 g/mol. The van der Waals surface area contributed by atoms with E-state index in [1.165, 1.54) is 6.08 Å². The van der Waals surface area contributed by atoms with E-state index in [0.717, 1.165) is 39.0 Å². The molecule has 2 aliphatic rings. The minimum absolute atomic E-state index is 0.103. The first-order valence-electron chi connectivity index (χ1n) is 4.99. The molecule has 1 unspecified atom stereocenters. The molecule has 1 spiro atoms. The van der Waals surface area contributed by atoms with E-state index in [0.29, 0.717) is 0 Å². The van der Waals surface area contributed by atoms with Crippen molar-refractivity contribution in [3.05, 3.63) is 12.3 Å². The lowest BCUT2D eigenvalue weighted by Gasteiger charge is -2.32. The number of rotatable bonds is 2. The summed E-state index contributed by atoms with van der Waals surface area (Å²) in [6, 6.07) is 0. The zero-order valence-corrected chi connectivity index (χ0v) is 8.11. The molecule has 4 nitrogen and oxygen atoms in total. The van der Waals surface area contributed by atoms with Crippen LogP contribution in [0.4, 0.5) is 0 Å². The Bertz CT molecular complexity index is 251. The summed E-state index contributed by atoms with van der Waals surface area (Å²) in [6.45, 7) is 2.50. The van der Waals surface area contributed by atoms with Crippen molar-refractivity contribution in [2.45, 2.75) is 24.8 Å². The predicted octanol–water partition coefficient (Wildman–Crippen LogP) is 0.840. The molecule has 14 heavy (non-hydrogen) atoms. The average Bonchev–Trinajstić information content (AvgIpc) is 2.74. The van der Waals surface area contributed by atoms with E-state index in [-0.39, 0.29) is 5.54 Å². The third-order valence-corrected chi connectivity index (χ3v) is 3.13. The molecule has 78 valence electrons. The van der Waals surface area contributed by atoms with Crippen LogP contribution in [0.25, 0.3) is 0 Å². The van der Waals surface area contributed by atoms with E-state index in [9.17, 15) is 4.79 Å². The summed E-state index contributed by atoms with van der Waals surface area (Å²) < 4.78 is 5.40. The topological polar surface area (TPSA) is 49.8 Å². The van der Waals surface area contributed by atoms with Crippen LogP contribution in [0.5, 0.6) is 0 Å². The van der Waals surface area contributed by atoms with Crippen molar-refractivity contribution in [3.8, 4) is 0 Å². The second kappa shape index (κ2) is 3.61. The number of carboxylic acids is 1. The average molecular weight is 197 g/mol. The summed E-state index contributed by atoms with van der Waals surface area (Å²) >= 11 is 0. The number of ether oxygens (including phenoxy) is 1. The molecule has 0 radical (unpaired) electrons. The summed E-state index contributed by atoms with van der Waals surface area (Å²) in [5.74, 6) is -0.883. The maximum Gasteiger partial charge on any atom is 0.329 e. The fraction of sp³-hybridized carbons (Fsp3) is 0.700. The van der Waals surface area contributed by atoms with Gasteiger partial charge in [-0.2, -0.15) is 0 Å². The van der Waals surface area contributed by atoms with Crippen LogP contribution in [0.1, 0.15) is 19.3 Å². The molecule has 4 heteroatoms. The largest absolute Gasteiger partial charge is 0.478 e. The first-order chi connectivity index (χ1) is 6.73. The van der Waals surface area contributed by atoms with Crippen molar-refractivity contribution in [2.24, 2.45) is 0 Å². The van der Waals surface area contributed by atoms with Gasteiger partial charge in [0.1, 0.15) is 0 Å². The van der Waals surface area contributed by atoms with Crippen LogP contribution < -0.4 is 0 Å². The SMILES string of the molecule is O=C(O)/C=C/N1CCCC12CCOC2. The highest BCUT2D eigenvalue weighted by molar-refractivity contribution is 5.79. The molecule has 2 aliphatic heterocycles. The smallest absolute Gasteiger partial charge is 0.329 e. The number of carbonyl (C=O) groups is 1. The van der Waals surface area contributed by atoms with Crippen molar-refractivity contribution in [1.29, 1.82) is 0 Å². The number of carboxylic acid groups (broad SMARTS) is 1. The molecule has 0 amide bonds. The van der Waals surface area contributed by atoms with E-state index in [4.69, 9.17) is 9.84 Å². The molecule has 1 atom stereocenters. The molecule has 0 aromatic carbocycles. The quantitative estimate of drug-likeness (QED) is 0.666. The molecule has 0 bridgehead atoms. The molecule has 0 aromatic heterocycles. The summed E-state index contributed by atoms with van der Waals surface area (Å²) in [5.41, 5.74) is 0.103. The van der Waals surface area contributed by atoms with Gasteiger partial charge in [-0.25, -0.2) is 4.79 Å². The van der Waals surface area contributed by atoms with Crippen LogP contribution >= 0.6 is 0 Å². The Hall–Kier alpha value is -1.03. The highest BCUT2D eigenvalue weighted by atomic mass is 16.5. The van der Waals surface area contributed by atoms with Crippen molar-refractivity contribution in [2.75, 3.05) is 19.8 Å². The van der Waals surface area contributed by atoms with Crippen molar-refractivity contribution in [3.63, 3.8) is 0 Å². The Kier molecular flexibility index (Phi) is 2.46. The number of likely N-dealkylation sites (tertiary alicyclic amines) is 1. The van der Waals surface area contributed by atoms with Crippen LogP contribution in [-0.4, -0.2) is 41.3 Å². The van der Waals surface area contributed by atoms with E-state index in [1.807, 2.05) is 0 Å². The Labute approximate surface area is 83.2 Å². The van der Waals surface area contributed by atoms with Gasteiger partial charge in [-0.15, -0.1) is 0 Å². The minimum Gasteiger partial charge on any atom is -0.478 e. The van der Waals surface area contributed by atoms with Gasteiger partial charge < -0.3 is 14.7 Å². The second-order valence-corrected chi connectivity index (χ2v) is 3.98. The van der Waals surface area contributed by atoms with Crippen molar-refractivity contribution < 1.29 is 14.6 Å². The molecule has 2 heterocycles. The fourth-order valence-corrected chi connectivity index (χ4v) is 2.37. The van der Waals surface area contributed by atoms with Crippen LogP contribution in [0.15, 0.2) is 12.3 Å². The normalized spacial score (nSPS) is 32.1. The molecule has 2 fully saturated rings. The Morgan fingerprint density at radius 3 is 3.00 bits per heavy atom. The number of hydrogen-bond acceptors (Lipinski definition) is 3. The highest BCUT2D eigenvalue weighted by Crippen LogP contribution is 2.36. The van der Waals surface area contributed by atoms with Crippen LogP contribution in [0.2, 0.25) is 0 Å². The first kappa shape index (κ1) is 9.52. The minimum atomic E-state index is -0.883. The van der Waals surface area contributed by atoms with Crippen LogP contribution in [-0.2, 0) is 9.53 Å². The Morgan fingerprint density at radius 1 is 1.50 bits per heavy atom. The molecule has 0 aromatic rings. The van der Waals surface area contributed by atoms with Crippen LogP contribution in [0.3, 0.4) is 0 Å². The van der Waals surface area contributed by atoms with Crippen LogP contribution in [0, 0.1) is 0 Å². The maximum atomic E-state index is 10.4. The zero-order valence-electron chi connectivity index (χ0n) is 8.11. The van der Waals surface area contributed by atoms with Crippen molar-refractivity contribution >= 4 is 5.97 Å². The van der Waals surface area contributed by atoms with Crippen molar-refractivity contribution in [1.82, 2.24) is 4.90 Å². The van der Waals surface area contributed by atoms with Gasteiger partial charge >= 0.3 is 5.97 Å². The monoisotopic (exact) mass is 197 g/mol. The maximum absolute atomic E-state index is 10.4. The van der Waals surface area contributed by atoms with Gasteiger partial charge in [-0.3, -0.25) is 0 Å². The van der Waals surface area contributed by atoms with Gasteiger partial charge in [-0.05, 0) is 19.3 Å². The van der Waals surface area contributed by atoms with Gasteiger partial charge in [0, 0.05) is 25.4 Å². The zero-order chi connectivity index (χ0) is 10.0. The predicted molar refractivity (Wildman–Crippen MR) is 50.9 cm³/mol. The number of nitrogens with zero attached hydrogens (tertiary/aromatic N) is 1. The van der Waals surface area contributed by atoms with Gasteiger partial charge in [-0.1, -0.05) is 0 Å². The summed E-state index contributed by atoms with van der Waals surface area (Å²) in [4.78, 5) is 12.5. The van der Waals surface area contributed by atoms with Gasteiger partial charge in [0.05, 0.1) is 12.1 Å². The molecular formula is C10H15NO3. The van der Waals surface area contributed by atoms with Gasteiger partial charge in [0.15, 0.2) is 0 Å². The molecule has 0 saturated carbocycles. The molecule has 1 N–H and O–H groups in total. The second-order valence-electron chi connectivity index (χ2n) is 3.98.